The number of nitrogens with zero attached hydrogens (tertiary/aromatic N) is 2. The van der Waals surface area contributed by atoms with Crippen LogP contribution in [0.4, 0.5) is 18.0 Å². The summed E-state index contributed by atoms with van der Waals surface area (Å²) in [7, 11) is 0. The Morgan fingerprint density at radius 3 is 2.37 bits per heavy atom. The number of aromatic nitrogens is 2. The van der Waals surface area contributed by atoms with Crippen LogP contribution in [0.3, 0.4) is 0 Å². The summed E-state index contributed by atoms with van der Waals surface area (Å²) in [5.41, 5.74) is -1.18. The minimum Gasteiger partial charge on any atom is -0.435 e. The molecule has 2 aromatic rings. The second-order valence-electron chi connectivity index (χ2n) is 8.78. The number of aliphatic hydroxyl groups excluding tert-OH is 3. The molecule has 11 nitrogen and oxygen atoms in total. The van der Waals surface area contributed by atoms with Gasteiger partial charge in [-0.05, 0) is 38.5 Å². The molecule has 0 spiro atoms. The molecule has 1 fully saturated rings. The molecule has 0 radical (unpaired) electrons. The van der Waals surface area contributed by atoms with Gasteiger partial charge in [-0.3, -0.25) is 4.68 Å². The van der Waals surface area contributed by atoms with Crippen molar-refractivity contribution >= 4 is 22.1 Å². The van der Waals surface area contributed by atoms with Crippen molar-refractivity contribution < 1.29 is 57.3 Å². The molecule has 0 bridgehead atoms. The molecule has 0 aliphatic carbocycles. The highest BCUT2D eigenvalue weighted by Gasteiger charge is 2.56. The van der Waals surface area contributed by atoms with Crippen LogP contribution in [0.5, 0.6) is 5.88 Å². The quantitative estimate of drug-likeness (QED) is 0.258. The molecule has 1 saturated heterocycles. The number of rotatable bonds is 8. The number of ether oxygens (including phenoxy) is 4. The number of hydrogen-bond acceptors (Lipinski definition) is 10. The standard InChI is InChI=1S/C23H28BrF3N2O9/c1-4-35-21(33)36-10-15-16(30)17(31)19(32)23(34,37-15)38-20-14(9-12-5-7-13(24)8-6-12)18(22(25,26)27)29(28-20)11(2)3/h5-8,11,15-17,19,30-32,34H,4,9-10H2,1-3H3/t15-,16-,17+,19-,23-/m1/s1. The SMILES string of the molecule is CCOC(=O)OC[C@H]1O[C@@](O)(Oc2nn(C(C)C)c(C(F)(F)F)c2Cc2ccc(Br)cc2)[C@H](O)[C@@H](O)[C@@H]1O. The third-order valence-electron chi connectivity index (χ3n) is 5.64. The Morgan fingerprint density at radius 1 is 1.18 bits per heavy atom. The van der Waals surface area contributed by atoms with Gasteiger partial charge in [0.05, 0.1) is 12.2 Å². The summed E-state index contributed by atoms with van der Waals surface area (Å²) in [6, 6.07) is 5.61. The molecule has 212 valence electrons. The van der Waals surface area contributed by atoms with Crippen LogP contribution in [0.15, 0.2) is 28.7 Å². The van der Waals surface area contributed by atoms with Crippen LogP contribution >= 0.6 is 15.9 Å². The van der Waals surface area contributed by atoms with Crippen molar-refractivity contribution in [2.45, 2.75) is 69.8 Å². The molecule has 1 aromatic heterocycles. The molecule has 0 saturated carbocycles. The molecular weight excluding hydrogens is 585 g/mol. The van der Waals surface area contributed by atoms with Gasteiger partial charge in [0.15, 0.2) is 6.10 Å². The van der Waals surface area contributed by atoms with Crippen LogP contribution in [0.1, 0.15) is 43.6 Å². The van der Waals surface area contributed by atoms with E-state index in [2.05, 4.69) is 25.8 Å². The third kappa shape index (κ3) is 6.58. The van der Waals surface area contributed by atoms with E-state index >= 15 is 0 Å². The molecule has 5 atom stereocenters. The van der Waals surface area contributed by atoms with Crippen LogP contribution in [-0.2, 0) is 26.8 Å². The summed E-state index contributed by atoms with van der Waals surface area (Å²) in [6.07, 6.45) is -14.3. The van der Waals surface area contributed by atoms with Crippen molar-refractivity contribution in [3.63, 3.8) is 0 Å². The number of hydrogen-bond donors (Lipinski definition) is 4. The van der Waals surface area contributed by atoms with Gasteiger partial charge >= 0.3 is 18.3 Å². The summed E-state index contributed by atoms with van der Waals surface area (Å²) < 4.78 is 63.9. The van der Waals surface area contributed by atoms with Gasteiger partial charge in [0.2, 0.25) is 5.88 Å². The zero-order chi connectivity index (χ0) is 28.4. The topological polar surface area (TPSA) is 153 Å². The molecule has 0 unspecified atom stereocenters. The molecule has 38 heavy (non-hydrogen) atoms. The Kier molecular flexibility index (Phi) is 9.32. The summed E-state index contributed by atoms with van der Waals surface area (Å²) in [5.74, 6) is -3.92. The summed E-state index contributed by atoms with van der Waals surface area (Å²) in [5, 5.41) is 45.9. The first-order valence-corrected chi connectivity index (χ1v) is 12.3. The molecule has 1 aliphatic rings. The molecule has 15 heteroatoms. The Bertz CT molecular complexity index is 1110. The average Bonchev–Trinajstić information content (AvgIpc) is 3.19. The summed E-state index contributed by atoms with van der Waals surface area (Å²) in [4.78, 5) is 11.5. The molecule has 1 aliphatic heterocycles. The minimum absolute atomic E-state index is 0.0253. The first kappa shape index (κ1) is 30.1. The van der Waals surface area contributed by atoms with E-state index in [1.54, 1.807) is 24.3 Å². The van der Waals surface area contributed by atoms with E-state index in [0.29, 0.717) is 14.7 Å². The molecule has 3 rings (SSSR count). The van der Waals surface area contributed by atoms with Crippen molar-refractivity contribution in [1.29, 1.82) is 0 Å². The fourth-order valence-electron chi connectivity index (χ4n) is 3.81. The first-order chi connectivity index (χ1) is 17.7. The van der Waals surface area contributed by atoms with Crippen LogP contribution in [-0.4, -0.2) is 80.0 Å². The minimum atomic E-state index is -4.88. The fraction of sp³-hybridized carbons (Fsp3) is 0.565. The molecule has 2 heterocycles. The highest BCUT2D eigenvalue weighted by Crippen LogP contribution is 2.41. The van der Waals surface area contributed by atoms with Crippen LogP contribution in [0.25, 0.3) is 0 Å². The lowest BCUT2D eigenvalue weighted by Gasteiger charge is -2.44. The lowest BCUT2D eigenvalue weighted by atomic mass is 9.97. The predicted molar refractivity (Wildman–Crippen MR) is 126 cm³/mol. The smallest absolute Gasteiger partial charge is 0.435 e. The highest BCUT2D eigenvalue weighted by atomic mass is 79.9. The summed E-state index contributed by atoms with van der Waals surface area (Å²) in [6.45, 7) is 3.65. The van der Waals surface area contributed by atoms with Gasteiger partial charge < -0.3 is 39.4 Å². The first-order valence-electron chi connectivity index (χ1n) is 11.5. The Labute approximate surface area is 223 Å². The number of benzene rings is 1. The van der Waals surface area contributed by atoms with E-state index in [1.807, 2.05) is 0 Å². The van der Waals surface area contributed by atoms with E-state index in [-0.39, 0.29) is 13.0 Å². The molecule has 1 aromatic carbocycles. The Morgan fingerprint density at radius 2 is 1.82 bits per heavy atom. The van der Waals surface area contributed by atoms with Gasteiger partial charge in [0.25, 0.3) is 0 Å². The van der Waals surface area contributed by atoms with E-state index in [4.69, 9.17) is 14.2 Å². The molecule has 4 N–H and O–H groups in total. The number of halogens is 4. The molecule has 0 amide bonds. The number of aliphatic hydroxyl groups is 4. The second-order valence-corrected chi connectivity index (χ2v) is 9.70. The van der Waals surface area contributed by atoms with Crippen LogP contribution in [0.2, 0.25) is 0 Å². The number of carbonyl (C=O) groups excluding carboxylic acids is 1. The maximum absolute atomic E-state index is 14.2. The monoisotopic (exact) mass is 612 g/mol. The van der Waals surface area contributed by atoms with Gasteiger partial charge in [-0.2, -0.15) is 13.2 Å². The average molecular weight is 613 g/mol. The lowest BCUT2D eigenvalue weighted by molar-refractivity contribution is -0.423. The van der Waals surface area contributed by atoms with E-state index < -0.39 is 72.5 Å². The van der Waals surface area contributed by atoms with Crippen molar-refractivity contribution in [3.8, 4) is 5.88 Å². The maximum Gasteiger partial charge on any atom is 0.508 e. The Hall–Kier alpha value is -2.43. The van der Waals surface area contributed by atoms with E-state index in [1.165, 1.54) is 20.8 Å². The van der Waals surface area contributed by atoms with Crippen LogP contribution < -0.4 is 4.74 Å². The van der Waals surface area contributed by atoms with Gasteiger partial charge in [-0.25, -0.2) is 4.79 Å². The number of carbonyl (C=O) groups is 1. The number of alkyl halides is 3. The van der Waals surface area contributed by atoms with Gasteiger partial charge in [0.1, 0.15) is 30.6 Å². The van der Waals surface area contributed by atoms with E-state index in [9.17, 15) is 38.4 Å². The predicted octanol–water partition coefficient (Wildman–Crippen LogP) is 2.52. The fourth-order valence-corrected chi connectivity index (χ4v) is 4.08. The van der Waals surface area contributed by atoms with Crippen molar-refractivity contribution in [2.75, 3.05) is 13.2 Å². The summed E-state index contributed by atoms with van der Waals surface area (Å²) >= 11 is 3.26. The zero-order valence-corrected chi connectivity index (χ0v) is 22.1. The lowest BCUT2D eigenvalue weighted by Crippen LogP contribution is -2.67. The van der Waals surface area contributed by atoms with Gasteiger partial charge in [-0.15, -0.1) is 5.10 Å². The van der Waals surface area contributed by atoms with Crippen molar-refractivity contribution in [1.82, 2.24) is 9.78 Å². The zero-order valence-electron chi connectivity index (χ0n) is 20.6. The maximum atomic E-state index is 14.2. The normalized spacial score (nSPS) is 25.9. The second kappa shape index (κ2) is 11.8. The van der Waals surface area contributed by atoms with Crippen LogP contribution in [0, 0.1) is 0 Å². The third-order valence-corrected chi connectivity index (χ3v) is 6.17. The largest absolute Gasteiger partial charge is 0.508 e. The van der Waals surface area contributed by atoms with Gasteiger partial charge in [0, 0.05) is 16.9 Å². The Balaban J connectivity index is 2.02. The van der Waals surface area contributed by atoms with Crippen molar-refractivity contribution in [3.05, 3.63) is 45.6 Å². The molecular formula is C23H28BrF3N2O9. The highest BCUT2D eigenvalue weighted by molar-refractivity contribution is 9.10. The van der Waals surface area contributed by atoms with Crippen molar-refractivity contribution in [2.24, 2.45) is 0 Å². The van der Waals surface area contributed by atoms with Gasteiger partial charge in [-0.1, -0.05) is 28.1 Å². The van der Waals surface area contributed by atoms with E-state index in [0.717, 1.165) is 0 Å².